The smallest absolute Gasteiger partial charge is 0.225 e. The fourth-order valence-corrected chi connectivity index (χ4v) is 1.95. The number of nitrogens with zero attached hydrogens (tertiary/aromatic N) is 3. The number of rotatable bonds is 3. The lowest BCUT2D eigenvalue weighted by Crippen LogP contribution is -2.22. The summed E-state index contributed by atoms with van der Waals surface area (Å²) in [6.07, 6.45) is 4.58. The highest BCUT2D eigenvalue weighted by Gasteiger charge is 2.23. The average molecular weight is 210 g/mol. The van der Waals surface area contributed by atoms with Crippen LogP contribution in [0.25, 0.3) is 0 Å². The van der Waals surface area contributed by atoms with Crippen LogP contribution in [0.2, 0.25) is 0 Å². The van der Waals surface area contributed by atoms with E-state index < -0.39 is 5.82 Å². The predicted molar refractivity (Wildman–Crippen MR) is 56.0 cm³/mol. The first-order valence-corrected chi connectivity index (χ1v) is 5.22. The standard InChI is InChI=1S/C10H15FN4/c11-9-5-13-10(14-6-9)15-4-2-8(7-15)1-3-12/h5-6,8H,1-4,7,12H2. The van der Waals surface area contributed by atoms with Crippen molar-refractivity contribution >= 4 is 5.95 Å². The average Bonchev–Trinajstić information content (AvgIpc) is 2.68. The van der Waals surface area contributed by atoms with Crippen LogP contribution >= 0.6 is 0 Å². The third-order valence-electron chi connectivity index (χ3n) is 2.75. The van der Waals surface area contributed by atoms with Crippen molar-refractivity contribution in [3.8, 4) is 0 Å². The molecule has 0 saturated carbocycles. The minimum absolute atomic E-state index is 0.392. The van der Waals surface area contributed by atoms with Gasteiger partial charge in [-0.3, -0.25) is 0 Å². The normalized spacial score (nSPS) is 20.9. The summed E-state index contributed by atoms with van der Waals surface area (Å²) in [6, 6.07) is 0. The van der Waals surface area contributed by atoms with Gasteiger partial charge in [0, 0.05) is 13.1 Å². The molecule has 1 aliphatic rings. The van der Waals surface area contributed by atoms with E-state index in [0.29, 0.717) is 11.9 Å². The largest absolute Gasteiger partial charge is 0.341 e. The van der Waals surface area contributed by atoms with Crippen molar-refractivity contribution in [2.24, 2.45) is 11.7 Å². The third-order valence-corrected chi connectivity index (χ3v) is 2.75. The molecule has 1 saturated heterocycles. The Morgan fingerprint density at radius 3 is 2.87 bits per heavy atom. The summed E-state index contributed by atoms with van der Waals surface area (Å²) >= 11 is 0. The first-order valence-electron chi connectivity index (χ1n) is 5.22. The zero-order valence-corrected chi connectivity index (χ0v) is 8.56. The van der Waals surface area contributed by atoms with Gasteiger partial charge in [0.1, 0.15) is 0 Å². The highest BCUT2D eigenvalue weighted by atomic mass is 19.1. The van der Waals surface area contributed by atoms with E-state index in [9.17, 15) is 4.39 Å². The fourth-order valence-electron chi connectivity index (χ4n) is 1.95. The molecule has 1 aromatic rings. The molecule has 2 heterocycles. The van der Waals surface area contributed by atoms with E-state index in [0.717, 1.165) is 32.5 Å². The van der Waals surface area contributed by atoms with E-state index in [1.807, 2.05) is 0 Å². The van der Waals surface area contributed by atoms with Crippen molar-refractivity contribution in [1.29, 1.82) is 0 Å². The first-order chi connectivity index (χ1) is 7.29. The molecule has 1 unspecified atom stereocenters. The van der Waals surface area contributed by atoms with Crippen LogP contribution in [0.5, 0.6) is 0 Å². The van der Waals surface area contributed by atoms with Crippen LogP contribution in [0.15, 0.2) is 12.4 Å². The monoisotopic (exact) mass is 210 g/mol. The second-order valence-corrected chi connectivity index (χ2v) is 3.88. The Balaban J connectivity index is 1.98. The highest BCUT2D eigenvalue weighted by molar-refractivity contribution is 5.30. The number of anilines is 1. The fraction of sp³-hybridized carbons (Fsp3) is 0.600. The Kier molecular flexibility index (Phi) is 3.11. The topological polar surface area (TPSA) is 55.0 Å². The molecule has 1 aromatic heterocycles. The van der Waals surface area contributed by atoms with E-state index in [2.05, 4.69) is 14.9 Å². The molecular formula is C10H15FN4. The van der Waals surface area contributed by atoms with Crippen molar-refractivity contribution in [1.82, 2.24) is 9.97 Å². The van der Waals surface area contributed by atoms with Crippen LogP contribution in [-0.4, -0.2) is 29.6 Å². The van der Waals surface area contributed by atoms with Crippen LogP contribution < -0.4 is 10.6 Å². The minimum atomic E-state index is -0.392. The predicted octanol–water partition coefficient (Wildman–Crippen LogP) is 0.791. The van der Waals surface area contributed by atoms with Gasteiger partial charge < -0.3 is 10.6 Å². The summed E-state index contributed by atoms with van der Waals surface area (Å²) in [5.41, 5.74) is 5.51. The molecule has 15 heavy (non-hydrogen) atoms. The zero-order valence-electron chi connectivity index (χ0n) is 8.56. The summed E-state index contributed by atoms with van der Waals surface area (Å²) in [5, 5.41) is 0. The number of aromatic nitrogens is 2. The van der Waals surface area contributed by atoms with E-state index in [-0.39, 0.29) is 0 Å². The van der Waals surface area contributed by atoms with Gasteiger partial charge in [-0.25, -0.2) is 14.4 Å². The van der Waals surface area contributed by atoms with Crippen LogP contribution in [0.4, 0.5) is 10.3 Å². The number of nitrogens with two attached hydrogens (primary N) is 1. The van der Waals surface area contributed by atoms with Crippen molar-refractivity contribution in [3.63, 3.8) is 0 Å². The van der Waals surface area contributed by atoms with Crippen LogP contribution in [0, 0.1) is 11.7 Å². The summed E-state index contributed by atoms with van der Waals surface area (Å²) in [6.45, 7) is 2.60. The Labute approximate surface area is 88.3 Å². The van der Waals surface area contributed by atoms with Gasteiger partial charge in [0.2, 0.25) is 5.95 Å². The van der Waals surface area contributed by atoms with Crippen LogP contribution in [0.1, 0.15) is 12.8 Å². The van der Waals surface area contributed by atoms with Gasteiger partial charge in [-0.05, 0) is 25.3 Å². The molecule has 2 rings (SSSR count). The molecule has 1 atom stereocenters. The zero-order chi connectivity index (χ0) is 10.7. The molecule has 1 fully saturated rings. The molecule has 5 heteroatoms. The van der Waals surface area contributed by atoms with E-state index in [1.165, 1.54) is 12.4 Å². The van der Waals surface area contributed by atoms with E-state index in [1.54, 1.807) is 0 Å². The van der Waals surface area contributed by atoms with Crippen molar-refractivity contribution in [2.45, 2.75) is 12.8 Å². The lowest BCUT2D eigenvalue weighted by molar-refractivity contribution is 0.545. The van der Waals surface area contributed by atoms with Gasteiger partial charge in [-0.2, -0.15) is 0 Å². The molecule has 0 spiro atoms. The molecule has 82 valence electrons. The molecule has 1 aliphatic heterocycles. The first kappa shape index (κ1) is 10.3. The van der Waals surface area contributed by atoms with Crippen LogP contribution in [0.3, 0.4) is 0 Å². The maximum absolute atomic E-state index is 12.6. The molecule has 0 bridgehead atoms. The highest BCUT2D eigenvalue weighted by Crippen LogP contribution is 2.22. The quantitative estimate of drug-likeness (QED) is 0.801. The summed E-state index contributed by atoms with van der Waals surface area (Å²) in [5.74, 6) is 0.857. The summed E-state index contributed by atoms with van der Waals surface area (Å²) in [7, 11) is 0. The summed E-state index contributed by atoms with van der Waals surface area (Å²) < 4.78 is 12.6. The van der Waals surface area contributed by atoms with Gasteiger partial charge in [-0.15, -0.1) is 0 Å². The molecule has 0 aromatic carbocycles. The Morgan fingerprint density at radius 2 is 2.20 bits per heavy atom. The molecular weight excluding hydrogens is 195 g/mol. The molecule has 0 amide bonds. The number of halogens is 1. The summed E-state index contributed by atoms with van der Waals surface area (Å²) in [4.78, 5) is 10.0. The van der Waals surface area contributed by atoms with Gasteiger partial charge in [0.05, 0.1) is 12.4 Å². The number of hydrogen-bond acceptors (Lipinski definition) is 4. The Hall–Kier alpha value is -1.23. The van der Waals surface area contributed by atoms with Crippen molar-refractivity contribution < 1.29 is 4.39 Å². The molecule has 2 N–H and O–H groups in total. The van der Waals surface area contributed by atoms with E-state index in [4.69, 9.17) is 5.73 Å². The minimum Gasteiger partial charge on any atom is -0.341 e. The van der Waals surface area contributed by atoms with Gasteiger partial charge in [-0.1, -0.05) is 0 Å². The molecule has 0 radical (unpaired) electrons. The molecule has 0 aliphatic carbocycles. The van der Waals surface area contributed by atoms with Gasteiger partial charge >= 0.3 is 0 Å². The Bertz CT molecular complexity index is 314. The SMILES string of the molecule is NCCC1CCN(c2ncc(F)cn2)C1. The molecule has 4 nitrogen and oxygen atoms in total. The number of hydrogen-bond donors (Lipinski definition) is 1. The maximum atomic E-state index is 12.6. The van der Waals surface area contributed by atoms with Crippen LogP contribution in [-0.2, 0) is 0 Å². The van der Waals surface area contributed by atoms with Crippen molar-refractivity contribution in [2.75, 3.05) is 24.5 Å². The Morgan fingerprint density at radius 1 is 1.47 bits per heavy atom. The van der Waals surface area contributed by atoms with Gasteiger partial charge in [0.15, 0.2) is 5.82 Å². The lowest BCUT2D eigenvalue weighted by Gasteiger charge is -2.15. The second-order valence-electron chi connectivity index (χ2n) is 3.88. The van der Waals surface area contributed by atoms with Crippen molar-refractivity contribution in [3.05, 3.63) is 18.2 Å². The lowest BCUT2D eigenvalue weighted by atomic mass is 10.1. The second kappa shape index (κ2) is 4.53. The van der Waals surface area contributed by atoms with Gasteiger partial charge in [0.25, 0.3) is 0 Å². The third kappa shape index (κ3) is 2.41. The maximum Gasteiger partial charge on any atom is 0.225 e. The van der Waals surface area contributed by atoms with E-state index >= 15 is 0 Å².